The third-order valence-corrected chi connectivity index (χ3v) is 8.30. The van der Waals surface area contributed by atoms with Crippen LogP contribution in [-0.2, 0) is 16.6 Å². The molecule has 1 aliphatic heterocycles. The Morgan fingerprint density at radius 3 is 2.41 bits per heavy atom. The number of rotatable bonds is 4. The van der Waals surface area contributed by atoms with E-state index in [1.807, 2.05) is 54.4 Å². The molecule has 0 bridgehead atoms. The van der Waals surface area contributed by atoms with Crippen LogP contribution in [0.15, 0.2) is 78.9 Å². The van der Waals surface area contributed by atoms with E-state index >= 15 is 0 Å². The molecule has 1 atom stereocenters. The van der Waals surface area contributed by atoms with Gasteiger partial charge in [0.2, 0.25) is 5.91 Å². The number of halogens is 1. The minimum Gasteiger partial charge on any atom is -0.491 e. The summed E-state index contributed by atoms with van der Waals surface area (Å²) in [6.07, 6.45) is 5.47. The molecule has 0 saturated heterocycles. The van der Waals surface area contributed by atoms with E-state index in [4.69, 9.17) is 4.74 Å². The number of amides is 2. The number of ether oxygens (including phenoxy) is 1. The lowest BCUT2D eigenvalue weighted by atomic mass is 9.77. The predicted molar refractivity (Wildman–Crippen MR) is 150 cm³/mol. The second kappa shape index (κ2) is 12.0. The minimum atomic E-state index is -0.737. The van der Waals surface area contributed by atoms with Crippen LogP contribution >= 0.6 is 0 Å². The molecular weight excluding hydrogens is 491 g/mol. The predicted octanol–water partition coefficient (Wildman–Crippen LogP) is 6.02. The topological polar surface area (TPSA) is 49.9 Å². The van der Waals surface area contributed by atoms with Crippen LogP contribution in [0.3, 0.4) is 0 Å². The van der Waals surface area contributed by atoms with Crippen LogP contribution in [0.1, 0.15) is 60.0 Å². The number of hydrogen-bond donors (Lipinski definition) is 0. The fraction of sp³-hybridized carbons (Fsp3) is 0.394. The summed E-state index contributed by atoms with van der Waals surface area (Å²) in [6, 6.07) is 23.8. The summed E-state index contributed by atoms with van der Waals surface area (Å²) in [5.41, 5.74) is 1.68. The van der Waals surface area contributed by atoms with Crippen molar-refractivity contribution < 1.29 is 18.7 Å². The van der Waals surface area contributed by atoms with E-state index in [9.17, 15) is 14.0 Å². The summed E-state index contributed by atoms with van der Waals surface area (Å²) in [5, 5.41) is 0. The molecule has 1 heterocycles. The van der Waals surface area contributed by atoms with Gasteiger partial charge in [0.25, 0.3) is 5.91 Å². The average molecular weight is 529 g/mol. The van der Waals surface area contributed by atoms with Gasteiger partial charge in [-0.15, -0.1) is 0 Å². The van der Waals surface area contributed by atoms with E-state index in [2.05, 4.69) is 12.1 Å². The summed E-state index contributed by atoms with van der Waals surface area (Å²) in [5.74, 6) is 0.217. The Kier molecular flexibility index (Phi) is 8.30. The lowest BCUT2D eigenvalue weighted by Gasteiger charge is -2.40. The molecule has 0 aromatic heterocycles. The van der Waals surface area contributed by atoms with Crippen LogP contribution in [0.4, 0.5) is 4.39 Å². The Balaban J connectivity index is 1.54. The minimum absolute atomic E-state index is 0.0601. The first kappa shape index (κ1) is 26.9. The molecule has 0 unspecified atom stereocenters. The Morgan fingerprint density at radius 2 is 1.64 bits per heavy atom. The Hall–Kier alpha value is -3.67. The lowest BCUT2D eigenvalue weighted by molar-refractivity contribution is -0.140. The highest BCUT2D eigenvalue weighted by Gasteiger charge is 2.46. The highest BCUT2D eigenvalue weighted by Crippen LogP contribution is 2.43. The molecule has 204 valence electrons. The second-order valence-electron chi connectivity index (χ2n) is 10.9. The first-order valence-electron chi connectivity index (χ1n) is 14.1. The van der Waals surface area contributed by atoms with Gasteiger partial charge < -0.3 is 14.5 Å². The molecule has 1 fully saturated rings. The first-order chi connectivity index (χ1) is 19.0. The molecule has 1 saturated carbocycles. The molecule has 3 aromatic carbocycles. The SMILES string of the molecule is CN1CCCCN(C(=O)C2(c3cccc(F)c3)CCCC2)[C@@H](Cc2ccccc2)COc2ccccc2C1=O. The molecular formula is C33H37FN2O3. The second-order valence-corrected chi connectivity index (χ2v) is 10.9. The van der Waals surface area contributed by atoms with E-state index in [1.165, 1.54) is 6.07 Å². The maximum Gasteiger partial charge on any atom is 0.257 e. The number of carbonyl (C=O) groups excluding carboxylic acids is 2. The summed E-state index contributed by atoms with van der Waals surface area (Å²) < 4.78 is 20.8. The largest absolute Gasteiger partial charge is 0.491 e. The van der Waals surface area contributed by atoms with Crippen LogP contribution < -0.4 is 4.74 Å². The quantitative estimate of drug-likeness (QED) is 0.416. The first-order valence-corrected chi connectivity index (χ1v) is 14.1. The van der Waals surface area contributed by atoms with E-state index in [0.717, 1.165) is 36.8 Å². The van der Waals surface area contributed by atoms with Gasteiger partial charge >= 0.3 is 0 Å². The van der Waals surface area contributed by atoms with Crippen LogP contribution in [0.5, 0.6) is 5.75 Å². The highest BCUT2D eigenvalue weighted by molar-refractivity contribution is 5.96. The smallest absolute Gasteiger partial charge is 0.257 e. The van der Waals surface area contributed by atoms with Crippen molar-refractivity contribution >= 4 is 11.8 Å². The molecule has 0 radical (unpaired) electrons. The zero-order valence-corrected chi connectivity index (χ0v) is 22.7. The van der Waals surface area contributed by atoms with Gasteiger partial charge in [0.1, 0.15) is 18.2 Å². The van der Waals surface area contributed by atoms with Gasteiger partial charge in [0.15, 0.2) is 0 Å². The van der Waals surface area contributed by atoms with Crippen molar-refractivity contribution in [2.24, 2.45) is 0 Å². The van der Waals surface area contributed by atoms with Crippen molar-refractivity contribution in [2.45, 2.75) is 56.4 Å². The van der Waals surface area contributed by atoms with Crippen molar-refractivity contribution in [2.75, 3.05) is 26.7 Å². The van der Waals surface area contributed by atoms with Crippen LogP contribution in [-0.4, -0.2) is 54.4 Å². The summed E-state index contributed by atoms with van der Waals surface area (Å²) in [4.78, 5) is 31.6. The number of carbonyl (C=O) groups is 2. The molecule has 1 aliphatic carbocycles. The molecule has 0 N–H and O–H groups in total. The fourth-order valence-electron chi connectivity index (χ4n) is 6.15. The fourth-order valence-corrected chi connectivity index (χ4v) is 6.15. The van der Waals surface area contributed by atoms with Crippen LogP contribution in [0.25, 0.3) is 0 Å². The third-order valence-electron chi connectivity index (χ3n) is 8.30. The molecule has 2 amide bonds. The third kappa shape index (κ3) is 5.85. The maximum absolute atomic E-state index is 14.7. The number of nitrogens with zero attached hydrogens (tertiary/aromatic N) is 2. The maximum atomic E-state index is 14.7. The van der Waals surface area contributed by atoms with Gasteiger partial charge in [-0.3, -0.25) is 9.59 Å². The molecule has 3 aromatic rings. The highest BCUT2D eigenvalue weighted by atomic mass is 19.1. The lowest BCUT2D eigenvalue weighted by Crippen LogP contribution is -2.53. The van der Waals surface area contributed by atoms with Gasteiger partial charge in [0.05, 0.1) is 17.0 Å². The van der Waals surface area contributed by atoms with Gasteiger partial charge in [0, 0.05) is 20.1 Å². The van der Waals surface area contributed by atoms with Gasteiger partial charge in [-0.25, -0.2) is 4.39 Å². The standard InChI is InChI=1S/C33H37FN2O3/c1-35-20-9-10-21-36(32(38)33(18-7-8-19-33)26-14-11-15-27(34)23-26)28(22-25-12-3-2-4-13-25)24-39-30-17-6-5-16-29(30)31(35)37/h2-6,11-17,23,28H,7-10,18-22,24H2,1H3/t28-/m0/s1. The molecule has 6 heteroatoms. The Labute approximate surface area is 230 Å². The molecule has 0 spiro atoms. The van der Waals surface area contributed by atoms with Gasteiger partial charge in [-0.2, -0.15) is 0 Å². The van der Waals surface area contributed by atoms with Crippen LogP contribution in [0.2, 0.25) is 0 Å². The number of fused-ring (bicyclic) bond motifs is 1. The monoisotopic (exact) mass is 528 g/mol. The number of hydrogen-bond acceptors (Lipinski definition) is 3. The van der Waals surface area contributed by atoms with Crippen molar-refractivity contribution in [3.8, 4) is 5.75 Å². The average Bonchev–Trinajstić information content (AvgIpc) is 3.46. The Bertz CT molecular complexity index is 1290. The molecule has 5 rings (SSSR count). The summed E-state index contributed by atoms with van der Waals surface area (Å²) in [7, 11) is 1.81. The number of para-hydroxylation sites is 1. The van der Waals surface area contributed by atoms with Crippen molar-refractivity contribution in [1.29, 1.82) is 0 Å². The van der Waals surface area contributed by atoms with Crippen molar-refractivity contribution in [3.05, 3.63) is 101 Å². The zero-order chi connectivity index (χ0) is 27.2. The van der Waals surface area contributed by atoms with Crippen molar-refractivity contribution in [3.63, 3.8) is 0 Å². The Morgan fingerprint density at radius 1 is 0.923 bits per heavy atom. The molecule has 39 heavy (non-hydrogen) atoms. The van der Waals surface area contributed by atoms with Crippen molar-refractivity contribution in [1.82, 2.24) is 9.80 Å². The normalized spacial score (nSPS) is 19.9. The zero-order valence-electron chi connectivity index (χ0n) is 22.7. The van der Waals surface area contributed by atoms with E-state index < -0.39 is 5.41 Å². The van der Waals surface area contributed by atoms with E-state index in [1.54, 1.807) is 23.1 Å². The van der Waals surface area contributed by atoms with E-state index in [0.29, 0.717) is 43.7 Å². The number of benzene rings is 3. The van der Waals surface area contributed by atoms with Gasteiger partial charge in [-0.1, -0.05) is 67.4 Å². The molecule has 2 aliphatic rings. The van der Waals surface area contributed by atoms with E-state index in [-0.39, 0.29) is 30.3 Å². The van der Waals surface area contributed by atoms with Crippen LogP contribution in [0, 0.1) is 5.82 Å². The summed E-state index contributed by atoms with van der Waals surface area (Å²) in [6.45, 7) is 1.40. The molecule has 5 nitrogen and oxygen atoms in total. The summed E-state index contributed by atoms with van der Waals surface area (Å²) >= 11 is 0. The van der Waals surface area contributed by atoms with Gasteiger partial charge in [-0.05, 0) is 67.5 Å².